The van der Waals surface area contributed by atoms with Crippen molar-refractivity contribution in [2.24, 2.45) is 0 Å². The zero-order chi connectivity index (χ0) is 20.3. The molecule has 3 heterocycles. The Morgan fingerprint density at radius 1 is 1.36 bits per heavy atom. The van der Waals surface area contributed by atoms with Gasteiger partial charge >= 0.3 is 6.18 Å². The van der Waals surface area contributed by atoms with Crippen molar-refractivity contribution in [3.05, 3.63) is 53.0 Å². The van der Waals surface area contributed by atoms with E-state index in [1.165, 1.54) is 13.1 Å². The van der Waals surface area contributed by atoms with Gasteiger partial charge in [-0.2, -0.15) is 13.2 Å². The first kappa shape index (κ1) is 20.0. The standard InChI is InChI=1S/C18H20F3N5O2/c1-11(27)23-6-7-26-10-15-13(17(26)28)2-3-16(25-15)24-9-12-8-22-5-4-14(12)18(19,20)21/h2-5,8,17,28H,6-7,9-10H2,1H3,(H,23,27)(H,24,25). The van der Waals surface area contributed by atoms with Crippen LogP contribution in [0.4, 0.5) is 19.0 Å². The number of nitrogens with one attached hydrogen (secondary N) is 2. The van der Waals surface area contributed by atoms with Crippen LogP contribution in [0, 0.1) is 0 Å². The topological polar surface area (TPSA) is 90.4 Å². The van der Waals surface area contributed by atoms with E-state index < -0.39 is 18.0 Å². The van der Waals surface area contributed by atoms with E-state index in [4.69, 9.17) is 0 Å². The maximum Gasteiger partial charge on any atom is 0.416 e. The lowest BCUT2D eigenvalue weighted by Crippen LogP contribution is -2.33. The van der Waals surface area contributed by atoms with Gasteiger partial charge in [-0.25, -0.2) is 4.98 Å². The van der Waals surface area contributed by atoms with Crippen molar-refractivity contribution in [3.63, 3.8) is 0 Å². The van der Waals surface area contributed by atoms with Crippen molar-refractivity contribution in [1.29, 1.82) is 0 Å². The van der Waals surface area contributed by atoms with E-state index >= 15 is 0 Å². The Bertz CT molecular complexity index is 859. The molecule has 0 radical (unpaired) electrons. The fourth-order valence-corrected chi connectivity index (χ4v) is 3.06. The molecule has 1 aliphatic heterocycles. The summed E-state index contributed by atoms with van der Waals surface area (Å²) in [6.45, 7) is 2.56. The van der Waals surface area contributed by atoms with Crippen LogP contribution in [0.5, 0.6) is 0 Å². The number of hydrogen-bond donors (Lipinski definition) is 3. The number of hydrogen-bond acceptors (Lipinski definition) is 6. The number of fused-ring (bicyclic) bond motifs is 1. The third kappa shape index (κ3) is 4.57. The number of anilines is 1. The summed E-state index contributed by atoms with van der Waals surface area (Å²) in [6.07, 6.45) is -3.00. The molecule has 3 N–H and O–H groups in total. The second-order valence-corrected chi connectivity index (χ2v) is 6.44. The second kappa shape index (κ2) is 8.11. The SMILES string of the molecule is CC(=O)NCCN1Cc2nc(NCc3cnccc3C(F)(F)F)ccc2C1O. The summed E-state index contributed by atoms with van der Waals surface area (Å²) < 4.78 is 39.2. The highest BCUT2D eigenvalue weighted by Gasteiger charge is 2.33. The Balaban J connectivity index is 1.66. The van der Waals surface area contributed by atoms with Gasteiger partial charge in [0.15, 0.2) is 0 Å². The average Bonchev–Trinajstić information content (AvgIpc) is 2.94. The molecule has 0 spiro atoms. The van der Waals surface area contributed by atoms with E-state index in [2.05, 4.69) is 20.6 Å². The summed E-state index contributed by atoms with van der Waals surface area (Å²) in [5.74, 6) is 0.260. The molecule has 0 aromatic carbocycles. The number of aliphatic hydroxyl groups is 1. The summed E-state index contributed by atoms with van der Waals surface area (Å²) >= 11 is 0. The Labute approximate surface area is 159 Å². The molecule has 1 atom stereocenters. The van der Waals surface area contributed by atoms with Crippen LogP contribution in [0.1, 0.15) is 35.5 Å². The van der Waals surface area contributed by atoms with E-state index in [-0.39, 0.29) is 18.0 Å². The molecular weight excluding hydrogens is 375 g/mol. The van der Waals surface area contributed by atoms with Crippen molar-refractivity contribution in [2.45, 2.75) is 32.4 Å². The highest BCUT2D eigenvalue weighted by Crippen LogP contribution is 2.33. The van der Waals surface area contributed by atoms with E-state index in [9.17, 15) is 23.1 Å². The van der Waals surface area contributed by atoms with Crippen LogP contribution in [0.3, 0.4) is 0 Å². The fourth-order valence-electron chi connectivity index (χ4n) is 3.06. The summed E-state index contributed by atoms with van der Waals surface area (Å²) in [4.78, 5) is 20.9. The maximum absolute atomic E-state index is 13.1. The lowest BCUT2D eigenvalue weighted by Gasteiger charge is -2.19. The largest absolute Gasteiger partial charge is 0.416 e. The van der Waals surface area contributed by atoms with Gasteiger partial charge in [0.2, 0.25) is 5.91 Å². The molecule has 2 aromatic rings. The summed E-state index contributed by atoms with van der Waals surface area (Å²) in [5.41, 5.74) is 0.568. The number of amides is 1. The van der Waals surface area contributed by atoms with Crippen LogP contribution >= 0.6 is 0 Å². The number of carbonyl (C=O) groups excluding carboxylic acids is 1. The smallest absolute Gasteiger partial charge is 0.374 e. The fraction of sp³-hybridized carbons (Fsp3) is 0.389. The van der Waals surface area contributed by atoms with E-state index in [1.807, 2.05) is 0 Å². The number of halogens is 3. The summed E-state index contributed by atoms with van der Waals surface area (Å²) in [7, 11) is 0. The molecule has 3 rings (SSSR count). The van der Waals surface area contributed by atoms with Gasteiger partial charge in [0.25, 0.3) is 0 Å². The average molecular weight is 395 g/mol. The molecule has 10 heteroatoms. The van der Waals surface area contributed by atoms with E-state index in [0.717, 1.165) is 12.3 Å². The molecule has 0 fully saturated rings. The number of rotatable bonds is 6. The summed E-state index contributed by atoms with van der Waals surface area (Å²) in [5, 5.41) is 15.9. The Kier molecular flexibility index (Phi) is 5.80. The molecule has 1 aliphatic rings. The van der Waals surface area contributed by atoms with Crippen LogP contribution in [0.25, 0.3) is 0 Å². The first-order chi connectivity index (χ1) is 13.3. The molecule has 1 unspecified atom stereocenters. The van der Waals surface area contributed by atoms with Crippen LogP contribution in [-0.2, 0) is 24.1 Å². The molecule has 150 valence electrons. The van der Waals surface area contributed by atoms with Crippen molar-refractivity contribution >= 4 is 11.7 Å². The maximum atomic E-state index is 13.1. The molecule has 2 aromatic heterocycles. The molecule has 7 nitrogen and oxygen atoms in total. The van der Waals surface area contributed by atoms with E-state index in [1.54, 1.807) is 17.0 Å². The Morgan fingerprint density at radius 2 is 2.14 bits per heavy atom. The molecule has 0 aliphatic carbocycles. The lowest BCUT2D eigenvalue weighted by atomic mass is 10.1. The molecular formula is C18H20F3N5O2. The third-order valence-electron chi connectivity index (χ3n) is 4.43. The molecule has 0 saturated carbocycles. The molecule has 28 heavy (non-hydrogen) atoms. The van der Waals surface area contributed by atoms with Gasteiger partial charge in [0, 0.05) is 56.6 Å². The van der Waals surface area contributed by atoms with Crippen LogP contribution in [-0.4, -0.2) is 39.0 Å². The quantitative estimate of drug-likeness (QED) is 0.694. The van der Waals surface area contributed by atoms with Gasteiger partial charge in [0.05, 0.1) is 11.3 Å². The predicted octanol–water partition coefficient (Wildman–Crippen LogP) is 2.05. The molecule has 0 bridgehead atoms. The normalized spacial score (nSPS) is 16.7. The van der Waals surface area contributed by atoms with Gasteiger partial charge in [-0.15, -0.1) is 0 Å². The number of aromatic nitrogens is 2. The first-order valence-corrected chi connectivity index (χ1v) is 8.66. The van der Waals surface area contributed by atoms with Crippen LogP contribution in [0.15, 0.2) is 30.6 Å². The highest BCUT2D eigenvalue weighted by molar-refractivity contribution is 5.72. The monoisotopic (exact) mass is 395 g/mol. The zero-order valence-electron chi connectivity index (χ0n) is 15.1. The minimum atomic E-state index is -4.45. The van der Waals surface area contributed by atoms with Crippen molar-refractivity contribution in [3.8, 4) is 0 Å². The second-order valence-electron chi connectivity index (χ2n) is 6.44. The minimum Gasteiger partial charge on any atom is -0.374 e. The first-order valence-electron chi connectivity index (χ1n) is 8.66. The predicted molar refractivity (Wildman–Crippen MR) is 94.9 cm³/mol. The van der Waals surface area contributed by atoms with Crippen LogP contribution in [0.2, 0.25) is 0 Å². The molecule has 0 saturated heterocycles. The Hall–Kier alpha value is -2.72. The van der Waals surface area contributed by atoms with E-state index in [0.29, 0.717) is 36.7 Å². The van der Waals surface area contributed by atoms with Crippen LogP contribution < -0.4 is 10.6 Å². The lowest BCUT2D eigenvalue weighted by molar-refractivity contribution is -0.138. The van der Waals surface area contributed by atoms with Gasteiger partial charge < -0.3 is 15.7 Å². The van der Waals surface area contributed by atoms with Gasteiger partial charge in [-0.1, -0.05) is 0 Å². The highest BCUT2D eigenvalue weighted by atomic mass is 19.4. The third-order valence-corrected chi connectivity index (χ3v) is 4.43. The number of alkyl halides is 3. The Morgan fingerprint density at radius 3 is 2.86 bits per heavy atom. The number of aliphatic hydroxyl groups excluding tert-OH is 1. The van der Waals surface area contributed by atoms with Gasteiger partial charge in [-0.3, -0.25) is 14.7 Å². The number of nitrogens with zero attached hydrogens (tertiary/aromatic N) is 3. The summed E-state index contributed by atoms with van der Waals surface area (Å²) in [6, 6.07) is 4.25. The van der Waals surface area contributed by atoms with Crippen molar-refractivity contribution in [1.82, 2.24) is 20.2 Å². The van der Waals surface area contributed by atoms with Gasteiger partial charge in [-0.05, 0) is 18.2 Å². The number of pyridine rings is 2. The number of carbonyl (C=O) groups is 1. The zero-order valence-corrected chi connectivity index (χ0v) is 15.1. The minimum absolute atomic E-state index is 0.0225. The van der Waals surface area contributed by atoms with Crippen molar-refractivity contribution in [2.75, 3.05) is 18.4 Å². The van der Waals surface area contributed by atoms with Crippen molar-refractivity contribution < 1.29 is 23.1 Å². The van der Waals surface area contributed by atoms with Gasteiger partial charge in [0.1, 0.15) is 12.0 Å². The molecule has 1 amide bonds.